The van der Waals surface area contributed by atoms with Crippen LogP contribution in [0.5, 0.6) is 0 Å². The molecule has 1 fully saturated rings. The van der Waals surface area contributed by atoms with Crippen LogP contribution in [0.1, 0.15) is 33.6 Å². The van der Waals surface area contributed by atoms with Gasteiger partial charge < -0.3 is 15.5 Å². The van der Waals surface area contributed by atoms with E-state index in [0.717, 1.165) is 12.8 Å². The number of nitrogens with one attached hydrogen (secondary N) is 2. The lowest BCUT2D eigenvalue weighted by Crippen LogP contribution is -2.43. The van der Waals surface area contributed by atoms with Gasteiger partial charge in [0.15, 0.2) is 0 Å². The van der Waals surface area contributed by atoms with E-state index in [2.05, 4.69) is 15.6 Å². The van der Waals surface area contributed by atoms with Crippen LogP contribution in [0.4, 0.5) is 0 Å². The average molecular weight is 380 g/mol. The number of pyridine rings is 1. The van der Waals surface area contributed by atoms with Gasteiger partial charge in [0.2, 0.25) is 5.91 Å². The monoisotopic (exact) mass is 380 g/mol. The summed E-state index contributed by atoms with van der Waals surface area (Å²) in [5.41, 5.74) is 1.13. The van der Waals surface area contributed by atoms with Crippen molar-refractivity contribution in [1.29, 1.82) is 0 Å². The molecule has 1 aromatic heterocycles. The molecule has 146 valence electrons. The quantitative estimate of drug-likeness (QED) is 0.794. The zero-order valence-corrected chi connectivity index (χ0v) is 15.6. The first-order chi connectivity index (χ1) is 13.6. The molecule has 0 spiro atoms. The fourth-order valence-corrected chi connectivity index (χ4v) is 3.18. The molecule has 0 radical (unpaired) electrons. The predicted octanol–water partition coefficient (Wildman–Crippen LogP) is 1.48. The minimum absolute atomic E-state index is 0.000732. The van der Waals surface area contributed by atoms with E-state index in [-0.39, 0.29) is 24.3 Å². The highest BCUT2D eigenvalue weighted by Gasteiger charge is 2.24. The number of carbonyl (C=O) groups excluding carboxylic acids is 3. The number of piperidine rings is 1. The molecule has 7 heteroatoms. The molecule has 2 aromatic rings. The lowest BCUT2D eigenvalue weighted by atomic mass is 9.96. The Morgan fingerprint density at radius 1 is 0.964 bits per heavy atom. The summed E-state index contributed by atoms with van der Waals surface area (Å²) in [7, 11) is 0. The van der Waals surface area contributed by atoms with Crippen LogP contribution in [0.2, 0.25) is 0 Å². The summed E-state index contributed by atoms with van der Waals surface area (Å²) in [5.74, 6) is -0.151. The van der Waals surface area contributed by atoms with Crippen molar-refractivity contribution in [3.8, 4) is 0 Å². The molecule has 0 aliphatic carbocycles. The zero-order chi connectivity index (χ0) is 19.8. The summed E-state index contributed by atoms with van der Waals surface area (Å²) in [6, 6.07) is 12.3. The van der Waals surface area contributed by atoms with Gasteiger partial charge in [0.05, 0.1) is 12.1 Å². The maximum Gasteiger partial charge on any atom is 0.255 e. The maximum absolute atomic E-state index is 12.4. The molecule has 28 heavy (non-hydrogen) atoms. The van der Waals surface area contributed by atoms with E-state index in [1.807, 2.05) is 11.0 Å². The zero-order valence-electron chi connectivity index (χ0n) is 15.6. The Bertz CT molecular complexity index is 803. The van der Waals surface area contributed by atoms with Gasteiger partial charge in [-0.1, -0.05) is 18.2 Å². The van der Waals surface area contributed by atoms with E-state index in [9.17, 15) is 14.4 Å². The Hall–Kier alpha value is -3.22. The van der Waals surface area contributed by atoms with E-state index in [1.54, 1.807) is 48.8 Å². The molecule has 7 nitrogen and oxygen atoms in total. The van der Waals surface area contributed by atoms with Crippen molar-refractivity contribution >= 4 is 17.7 Å². The summed E-state index contributed by atoms with van der Waals surface area (Å²) in [4.78, 5) is 42.2. The number of nitrogens with zero attached hydrogens (tertiary/aromatic N) is 2. The van der Waals surface area contributed by atoms with Crippen LogP contribution in [0.3, 0.4) is 0 Å². The third-order valence-electron chi connectivity index (χ3n) is 4.84. The third kappa shape index (κ3) is 5.39. The fraction of sp³-hybridized carbons (Fsp3) is 0.333. The molecule has 1 aromatic carbocycles. The number of aromatic nitrogens is 1. The van der Waals surface area contributed by atoms with Gasteiger partial charge in [0.25, 0.3) is 11.8 Å². The Balaban J connectivity index is 1.35. The van der Waals surface area contributed by atoms with Crippen molar-refractivity contribution < 1.29 is 14.4 Å². The smallest absolute Gasteiger partial charge is 0.255 e. The Labute approximate surface area is 164 Å². The first-order valence-corrected chi connectivity index (χ1v) is 9.42. The second-order valence-electron chi connectivity index (χ2n) is 6.83. The largest absolute Gasteiger partial charge is 0.354 e. The predicted molar refractivity (Wildman–Crippen MR) is 105 cm³/mol. The van der Waals surface area contributed by atoms with Gasteiger partial charge in [-0.05, 0) is 43.0 Å². The van der Waals surface area contributed by atoms with Crippen LogP contribution in [0.25, 0.3) is 0 Å². The highest BCUT2D eigenvalue weighted by atomic mass is 16.2. The van der Waals surface area contributed by atoms with Gasteiger partial charge in [0, 0.05) is 37.6 Å². The molecule has 0 saturated carbocycles. The molecule has 0 atom stereocenters. The molecule has 1 aliphatic heterocycles. The minimum Gasteiger partial charge on any atom is -0.354 e. The molecule has 2 N–H and O–H groups in total. The standard InChI is InChI=1S/C21H24N4O3/c26-19(15-24-20(27)17-5-2-1-3-6-17)23-13-16-8-11-25(12-9-16)21(28)18-7-4-10-22-14-18/h1-7,10,14,16H,8-9,11-13,15H2,(H,23,26)(H,24,27). The molecule has 1 saturated heterocycles. The molecular weight excluding hydrogens is 356 g/mol. The number of benzene rings is 1. The molecule has 3 amide bonds. The van der Waals surface area contributed by atoms with Gasteiger partial charge in [-0.3, -0.25) is 19.4 Å². The second-order valence-corrected chi connectivity index (χ2v) is 6.83. The van der Waals surface area contributed by atoms with Crippen molar-refractivity contribution in [1.82, 2.24) is 20.5 Å². The first-order valence-electron chi connectivity index (χ1n) is 9.42. The van der Waals surface area contributed by atoms with Crippen LogP contribution in [-0.4, -0.2) is 53.8 Å². The summed E-state index contributed by atoms with van der Waals surface area (Å²) in [6.45, 7) is 1.83. The van der Waals surface area contributed by atoms with E-state index >= 15 is 0 Å². The molecular formula is C21H24N4O3. The van der Waals surface area contributed by atoms with Crippen LogP contribution < -0.4 is 10.6 Å². The number of hydrogen-bond acceptors (Lipinski definition) is 4. The van der Waals surface area contributed by atoms with E-state index in [4.69, 9.17) is 0 Å². The van der Waals surface area contributed by atoms with E-state index < -0.39 is 0 Å². The average Bonchev–Trinajstić information content (AvgIpc) is 2.77. The van der Waals surface area contributed by atoms with Crippen molar-refractivity contribution in [3.05, 3.63) is 66.0 Å². The Morgan fingerprint density at radius 2 is 1.68 bits per heavy atom. The van der Waals surface area contributed by atoms with Crippen LogP contribution >= 0.6 is 0 Å². The highest BCUT2D eigenvalue weighted by molar-refractivity contribution is 5.96. The van der Waals surface area contributed by atoms with Crippen molar-refractivity contribution in [2.24, 2.45) is 5.92 Å². The lowest BCUT2D eigenvalue weighted by Gasteiger charge is -2.32. The minimum atomic E-state index is -0.266. The summed E-state index contributed by atoms with van der Waals surface area (Å²) in [6.07, 6.45) is 4.90. The van der Waals surface area contributed by atoms with Gasteiger partial charge in [-0.15, -0.1) is 0 Å². The highest BCUT2D eigenvalue weighted by Crippen LogP contribution is 2.18. The Kier molecular flexibility index (Phi) is 6.73. The SMILES string of the molecule is O=C(CNC(=O)c1ccccc1)NCC1CCN(C(=O)c2cccnc2)CC1. The molecule has 1 aliphatic rings. The van der Waals surface area contributed by atoms with Gasteiger partial charge in [-0.2, -0.15) is 0 Å². The van der Waals surface area contributed by atoms with Crippen LogP contribution in [0.15, 0.2) is 54.9 Å². The Morgan fingerprint density at radius 3 is 2.36 bits per heavy atom. The number of rotatable bonds is 6. The first kappa shape index (κ1) is 19.5. The van der Waals surface area contributed by atoms with Crippen molar-refractivity contribution in [2.75, 3.05) is 26.2 Å². The van der Waals surface area contributed by atoms with E-state index in [1.165, 1.54) is 0 Å². The molecule has 0 bridgehead atoms. The number of hydrogen-bond donors (Lipinski definition) is 2. The second kappa shape index (κ2) is 9.64. The molecule has 0 unspecified atom stereocenters. The number of amides is 3. The lowest BCUT2D eigenvalue weighted by molar-refractivity contribution is -0.120. The maximum atomic E-state index is 12.4. The van der Waals surface area contributed by atoms with Gasteiger partial charge in [-0.25, -0.2) is 0 Å². The molecule has 3 rings (SSSR count). The van der Waals surface area contributed by atoms with E-state index in [0.29, 0.717) is 36.7 Å². The summed E-state index contributed by atoms with van der Waals surface area (Å²) in [5, 5.41) is 5.48. The number of carbonyl (C=O) groups is 3. The molecule has 2 heterocycles. The third-order valence-corrected chi connectivity index (χ3v) is 4.84. The van der Waals surface area contributed by atoms with Crippen LogP contribution in [0, 0.1) is 5.92 Å². The van der Waals surface area contributed by atoms with Crippen molar-refractivity contribution in [3.63, 3.8) is 0 Å². The summed E-state index contributed by atoms with van der Waals surface area (Å²) < 4.78 is 0. The number of likely N-dealkylation sites (tertiary alicyclic amines) is 1. The van der Waals surface area contributed by atoms with Crippen molar-refractivity contribution in [2.45, 2.75) is 12.8 Å². The normalized spacial score (nSPS) is 14.4. The summed E-state index contributed by atoms with van der Waals surface area (Å²) >= 11 is 0. The van der Waals surface area contributed by atoms with Crippen LogP contribution in [-0.2, 0) is 4.79 Å². The van der Waals surface area contributed by atoms with Gasteiger partial charge in [0.1, 0.15) is 0 Å². The van der Waals surface area contributed by atoms with Gasteiger partial charge >= 0.3 is 0 Å². The fourth-order valence-electron chi connectivity index (χ4n) is 3.18. The topological polar surface area (TPSA) is 91.4 Å².